The van der Waals surface area contributed by atoms with Crippen molar-refractivity contribution < 1.29 is 18.3 Å². The summed E-state index contributed by atoms with van der Waals surface area (Å²) in [6.45, 7) is 4.39. The number of nitrogens with zero attached hydrogens (tertiary/aromatic N) is 1. The van der Waals surface area contributed by atoms with Gasteiger partial charge in [-0.3, -0.25) is 0 Å². The van der Waals surface area contributed by atoms with Crippen LogP contribution in [0.3, 0.4) is 0 Å². The second-order valence-corrected chi connectivity index (χ2v) is 6.71. The molecule has 1 aromatic carbocycles. The summed E-state index contributed by atoms with van der Waals surface area (Å²) in [5, 5.41) is 8.94. The maximum atomic E-state index is 12.5. The van der Waals surface area contributed by atoms with Gasteiger partial charge in [0.1, 0.15) is 0 Å². The summed E-state index contributed by atoms with van der Waals surface area (Å²) in [5.41, 5.74) is -0.0469. The molecule has 0 atom stereocenters. The van der Waals surface area contributed by atoms with E-state index in [2.05, 4.69) is 15.9 Å². The highest BCUT2D eigenvalue weighted by molar-refractivity contribution is 9.10. The van der Waals surface area contributed by atoms with Crippen molar-refractivity contribution >= 4 is 31.9 Å². The quantitative estimate of drug-likeness (QED) is 0.856. The smallest absolute Gasteiger partial charge is 0.335 e. The highest BCUT2D eigenvalue weighted by Gasteiger charge is 2.25. The van der Waals surface area contributed by atoms with Crippen LogP contribution in [0.15, 0.2) is 27.6 Å². The molecule has 5 nitrogen and oxygen atoms in total. The number of carboxylic acids is 1. The van der Waals surface area contributed by atoms with Crippen molar-refractivity contribution in [3.63, 3.8) is 0 Å². The van der Waals surface area contributed by atoms with Crippen LogP contribution in [0, 0.1) is 0 Å². The van der Waals surface area contributed by atoms with Gasteiger partial charge in [-0.1, -0.05) is 13.8 Å². The van der Waals surface area contributed by atoms with Crippen LogP contribution in [0.2, 0.25) is 0 Å². The average molecular weight is 350 g/mol. The van der Waals surface area contributed by atoms with E-state index >= 15 is 0 Å². The van der Waals surface area contributed by atoms with Gasteiger partial charge >= 0.3 is 5.97 Å². The third-order valence-corrected chi connectivity index (χ3v) is 5.59. The Labute approximate surface area is 121 Å². The summed E-state index contributed by atoms with van der Waals surface area (Å²) in [4.78, 5) is 10.9. The lowest BCUT2D eigenvalue weighted by molar-refractivity contribution is 0.0696. The highest BCUT2D eigenvalue weighted by Crippen LogP contribution is 2.26. The van der Waals surface area contributed by atoms with Crippen molar-refractivity contribution in [3.8, 4) is 0 Å². The number of carboxylic acid groups (broad SMARTS) is 1. The zero-order chi connectivity index (χ0) is 14.6. The molecule has 19 heavy (non-hydrogen) atoms. The van der Waals surface area contributed by atoms with E-state index in [1.165, 1.54) is 22.5 Å². The van der Waals surface area contributed by atoms with Crippen molar-refractivity contribution in [2.75, 3.05) is 13.1 Å². The van der Waals surface area contributed by atoms with Gasteiger partial charge in [0.25, 0.3) is 0 Å². The SMILES string of the molecule is CCCN(CC)S(=O)(=O)c1cc(C(=O)O)ccc1Br. The first kappa shape index (κ1) is 16.1. The Morgan fingerprint density at radius 3 is 2.47 bits per heavy atom. The predicted octanol–water partition coefficient (Wildman–Crippen LogP) is 2.57. The Kier molecular flexibility index (Phi) is 5.51. The fraction of sp³-hybridized carbons (Fsp3) is 0.417. The van der Waals surface area contributed by atoms with Gasteiger partial charge < -0.3 is 5.11 Å². The number of sulfonamides is 1. The lowest BCUT2D eigenvalue weighted by Gasteiger charge is -2.20. The standard InChI is InChI=1S/C12H16BrNO4S/c1-3-7-14(4-2)19(17,18)11-8-9(12(15)16)5-6-10(11)13/h5-6,8H,3-4,7H2,1-2H3,(H,15,16). The molecule has 0 amide bonds. The lowest BCUT2D eigenvalue weighted by Crippen LogP contribution is -2.32. The summed E-state index contributed by atoms with van der Waals surface area (Å²) in [7, 11) is -3.68. The number of hydrogen-bond donors (Lipinski definition) is 1. The molecule has 0 fully saturated rings. The fourth-order valence-corrected chi connectivity index (χ4v) is 4.16. The van der Waals surface area contributed by atoms with Crippen LogP contribution in [0.4, 0.5) is 0 Å². The molecular formula is C12H16BrNO4S. The number of hydrogen-bond acceptors (Lipinski definition) is 3. The topological polar surface area (TPSA) is 74.7 Å². The molecular weight excluding hydrogens is 334 g/mol. The van der Waals surface area contributed by atoms with Gasteiger partial charge in [-0.15, -0.1) is 0 Å². The van der Waals surface area contributed by atoms with E-state index in [-0.39, 0.29) is 10.5 Å². The van der Waals surface area contributed by atoms with E-state index in [1.807, 2.05) is 6.92 Å². The van der Waals surface area contributed by atoms with Crippen LogP contribution >= 0.6 is 15.9 Å². The van der Waals surface area contributed by atoms with Crippen molar-refractivity contribution in [2.45, 2.75) is 25.2 Å². The van der Waals surface area contributed by atoms with Crippen LogP contribution in [0.25, 0.3) is 0 Å². The Morgan fingerprint density at radius 1 is 1.37 bits per heavy atom. The monoisotopic (exact) mass is 349 g/mol. The minimum Gasteiger partial charge on any atom is -0.478 e. The summed E-state index contributed by atoms with van der Waals surface area (Å²) in [6.07, 6.45) is 0.698. The van der Waals surface area contributed by atoms with Gasteiger partial charge in [0.2, 0.25) is 10.0 Å². The van der Waals surface area contributed by atoms with Gasteiger partial charge in [0.05, 0.1) is 10.5 Å². The first-order valence-corrected chi connectivity index (χ1v) is 8.10. The van der Waals surface area contributed by atoms with Gasteiger partial charge in [0, 0.05) is 17.6 Å². The molecule has 0 aromatic heterocycles. The summed E-state index contributed by atoms with van der Waals surface area (Å²) < 4.78 is 26.6. The normalized spacial score (nSPS) is 11.8. The van der Waals surface area contributed by atoms with Crippen molar-refractivity contribution in [1.82, 2.24) is 4.31 Å². The van der Waals surface area contributed by atoms with Gasteiger partial charge in [-0.2, -0.15) is 4.31 Å². The minimum absolute atomic E-state index is 0.0114. The van der Waals surface area contributed by atoms with E-state index in [4.69, 9.17) is 5.11 Å². The number of rotatable bonds is 6. The fourth-order valence-electron chi connectivity index (χ4n) is 1.67. The summed E-state index contributed by atoms with van der Waals surface area (Å²) in [6, 6.07) is 3.98. The zero-order valence-electron chi connectivity index (χ0n) is 10.8. The number of aromatic carboxylic acids is 1. The Morgan fingerprint density at radius 2 is 2.00 bits per heavy atom. The van der Waals surface area contributed by atoms with E-state index in [0.717, 1.165) is 0 Å². The van der Waals surface area contributed by atoms with Gasteiger partial charge in [-0.05, 0) is 40.5 Å². The first-order valence-electron chi connectivity index (χ1n) is 5.87. The third-order valence-electron chi connectivity index (χ3n) is 2.62. The second kappa shape index (κ2) is 6.49. The molecule has 0 heterocycles. The number of halogens is 1. The van der Waals surface area contributed by atoms with Gasteiger partial charge in [-0.25, -0.2) is 13.2 Å². The molecule has 1 aromatic rings. The molecule has 0 radical (unpaired) electrons. The number of carbonyl (C=O) groups is 1. The van der Waals surface area contributed by atoms with Crippen molar-refractivity contribution in [1.29, 1.82) is 0 Å². The van der Waals surface area contributed by atoms with Crippen LogP contribution in [-0.2, 0) is 10.0 Å². The molecule has 0 spiro atoms. The Balaban J connectivity index is 3.34. The maximum Gasteiger partial charge on any atom is 0.335 e. The van der Waals surface area contributed by atoms with Crippen LogP contribution in [0.5, 0.6) is 0 Å². The predicted molar refractivity (Wildman–Crippen MR) is 75.8 cm³/mol. The molecule has 1 N–H and O–H groups in total. The maximum absolute atomic E-state index is 12.5. The van der Waals surface area contributed by atoms with Crippen LogP contribution < -0.4 is 0 Å². The Hall–Kier alpha value is -0.920. The second-order valence-electron chi connectivity index (χ2n) is 3.95. The summed E-state index contributed by atoms with van der Waals surface area (Å²) >= 11 is 3.17. The van der Waals surface area contributed by atoms with Crippen molar-refractivity contribution in [2.24, 2.45) is 0 Å². The highest BCUT2D eigenvalue weighted by atomic mass is 79.9. The minimum atomic E-state index is -3.68. The molecule has 1 rings (SSSR count). The molecule has 0 saturated heterocycles. The Bertz CT molecular complexity index is 571. The van der Waals surface area contributed by atoms with Crippen LogP contribution in [-0.4, -0.2) is 36.9 Å². The summed E-state index contributed by atoms with van der Waals surface area (Å²) in [5.74, 6) is -1.15. The molecule has 0 unspecified atom stereocenters. The van der Waals surface area contributed by atoms with E-state index in [9.17, 15) is 13.2 Å². The van der Waals surface area contributed by atoms with E-state index in [0.29, 0.717) is 24.0 Å². The molecule has 0 bridgehead atoms. The molecule has 0 aliphatic heterocycles. The molecule has 0 aliphatic carbocycles. The van der Waals surface area contributed by atoms with Crippen LogP contribution in [0.1, 0.15) is 30.6 Å². The van der Waals surface area contributed by atoms with Crippen molar-refractivity contribution in [3.05, 3.63) is 28.2 Å². The number of benzene rings is 1. The average Bonchev–Trinajstić information content (AvgIpc) is 2.35. The van der Waals surface area contributed by atoms with E-state index < -0.39 is 16.0 Å². The van der Waals surface area contributed by atoms with E-state index in [1.54, 1.807) is 6.92 Å². The molecule has 0 saturated carbocycles. The molecule has 7 heteroatoms. The zero-order valence-corrected chi connectivity index (χ0v) is 13.2. The first-order chi connectivity index (χ1) is 8.84. The lowest BCUT2D eigenvalue weighted by atomic mass is 10.2. The van der Waals surface area contributed by atoms with Gasteiger partial charge in [0.15, 0.2) is 0 Å². The molecule has 106 valence electrons. The third kappa shape index (κ3) is 3.55. The molecule has 0 aliphatic rings. The largest absolute Gasteiger partial charge is 0.478 e.